The van der Waals surface area contributed by atoms with Crippen LogP contribution in [0.2, 0.25) is 0 Å². The molecule has 92 valence electrons. The van der Waals surface area contributed by atoms with Gasteiger partial charge < -0.3 is 10.6 Å². The molecule has 1 aromatic rings. The molecule has 17 heavy (non-hydrogen) atoms. The van der Waals surface area contributed by atoms with Crippen LogP contribution < -0.4 is 10.6 Å². The topological polar surface area (TPSA) is 71.1 Å². The molecule has 0 bridgehead atoms. The van der Waals surface area contributed by atoms with Gasteiger partial charge in [0.2, 0.25) is 11.8 Å². The van der Waals surface area contributed by atoms with Crippen LogP contribution in [0, 0.1) is 0 Å². The van der Waals surface area contributed by atoms with Crippen molar-refractivity contribution >= 4 is 11.8 Å². The molecule has 0 fully saturated rings. The van der Waals surface area contributed by atoms with Crippen LogP contribution in [0.15, 0.2) is 24.5 Å². The average molecular weight is 235 g/mol. The fourth-order valence-electron chi connectivity index (χ4n) is 1.24. The van der Waals surface area contributed by atoms with Gasteiger partial charge in [-0.05, 0) is 18.1 Å². The van der Waals surface area contributed by atoms with Crippen molar-refractivity contribution in [2.75, 3.05) is 6.54 Å². The molecule has 0 aliphatic carbocycles. The highest BCUT2D eigenvalue weighted by molar-refractivity contribution is 5.96. The Labute approximate surface area is 101 Å². The second-order valence-corrected chi connectivity index (χ2v) is 3.66. The molecule has 0 saturated carbocycles. The van der Waals surface area contributed by atoms with Crippen molar-refractivity contribution in [3.8, 4) is 0 Å². The summed E-state index contributed by atoms with van der Waals surface area (Å²) in [7, 11) is 0. The Morgan fingerprint density at radius 1 is 1.29 bits per heavy atom. The minimum atomic E-state index is -0.276. The standard InChI is InChI=1S/C12H17N3O2/c1-2-5-14-11(16)7-12(17)15-9-10-4-3-6-13-8-10/h3-4,6,8H,2,5,7,9H2,1H3,(H,14,16)(H,15,17). The van der Waals surface area contributed by atoms with Crippen LogP contribution in [0.1, 0.15) is 25.3 Å². The van der Waals surface area contributed by atoms with E-state index in [-0.39, 0.29) is 18.2 Å². The van der Waals surface area contributed by atoms with E-state index in [1.54, 1.807) is 18.5 Å². The van der Waals surface area contributed by atoms with E-state index in [1.165, 1.54) is 0 Å². The minimum absolute atomic E-state index is 0.125. The Hall–Kier alpha value is -1.91. The lowest BCUT2D eigenvalue weighted by Gasteiger charge is -2.05. The normalized spacial score (nSPS) is 9.71. The molecule has 1 rings (SSSR count). The maximum atomic E-state index is 11.4. The lowest BCUT2D eigenvalue weighted by Crippen LogP contribution is -2.31. The van der Waals surface area contributed by atoms with Crippen molar-refractivity contribution in [1.82, 2.24) is 15.6 Å². The number of aromatic nitrogens is 1. The molecule has 5 heteroatoms. The first-order valence-corrected chi connectivity index (χ1v) is 5.64. The summed E-state index contributed by atoms with van der Waals surface area (Å²) in [6, 6.07) is 3.67. The predicted octanol–water partition coefficient (Wildman–Crippen LogP) is 0.614. The summed E-state index contributed by atoms with van der Waals surface area (Å²) in [5, 5.41) is 5.32. The average Bonchev–Trinajstić information content (AvgIpc) is 2.35. The number of hydrogen-bond donors (Lipinski definition) is 2. The lowest BCUT2D eigenvalue weighted by atomic mass is 10.3. The highest BCUT2D eigenvalue weighted by Crippen LogP contribution is 1.94. The molecule has 0 aromatic carbocycles. The highest BCUT2D eigenvalue weighted by Gasteiger charge is 2.07. The quantitative estimate of drug-likeness (QED) is 0.710. The summed E-state index contributed by atoms with van der Waals surface area (Å²) in [4.78, 5) is 26.6. The number of carbonyl (C=O) groups is 2. The van der Waals surface area contributed by atoms with Crippen LogP contribution in [0.25, 0.3) is 0 Å². The monoisotopic (exact) mass is 235 g/mol. The number of amides is 2. The van der Waals surface area contributed by atoms with E-state index in [0.717, 1.165) is 12.0 Å². The Balaban J connectivity index is 2.24. The van der Waals surface area contributed by atoms with Crippen LogP contribution in [0.5, 0.6) is 0 Å². The fraction of sp³-hybridized carbons (Fsp3) is 0.417. The van der Waals surface area contributed by atoms with Gasteiger partial charge in [0.15, 0.2) is 0 Å². The van der Waals surface area contributed by atoms with E-state index in [9.17, 15) is 9.59 Å². The fourth-order valence-corrected chi connectivity index (χ4v) is 1.24. The second kappa shape index (κ2) is 7.38. The first-order valence-electron chi connectivity index (χ1n) is 5.64. The summed E-state index contributed by atoms with van der Waals surface area (Å²) in [6.45, 7) is 2.96. The number of carbonyl (C=O) groups excluding carboxylic acids is 2. The highest BCUT2D eigenvalue weighted by atomic mass is 16.2. The van der Waals surface area contributed by atoms with Gasteiger partial charge in [-0.3, -0.25) is 14.6 Å². The molecule has 0 radical (unpaired) electrons. The van der Waals surface area contributed by atoms with E-state index < -0.39 is 0 Å². The molecule has 0 saturated heterocycles. The van der Waals surface area contributed by atoms with Gasteiger partial charge in [-0.25, -0.2) is 0 Å². The van der Waals surface area contributed by atoms with Crippen molar-refractivity contribution in [1.29, 1.82) is 0 Å². The van der Waals surface area contributed by atoms with Crippen LogP contribution in [0.4, 0.5) is 0 Å². The van der Waals surface area contributed by atoms with Gasteiger partial charge in [-0.2, -0.15) is 0 Å². The molecule has 2 N–H and O–H groups in total. The molecule has 1 aromatic heterocycles. The molecule has 0 atom stereocenters. The Kier molecular flexibility index (Phi) is 5.71. The van der Waals surface area contributed by atoms with Crippen LogP contribution in [-0.4, -0.2) is 23.3 Å². The Morgan fingerprint density at radius 2 is 2.06 bits per heavy atom. The van der Waals surface area contributed by atoms with Gasteiger partial charge in [0.1, 0.15) is 6.42 Å². The zero-order valence-electron chi connectivity index (χ0n) is 9.90. The maximum absolute atomic E-state index is 11.4. The number of rotatable bonds is 6. The largest absolute Gasteiger partial charge is 0.356 e. The van der Waals surface area contributed by atoms with Gasteiger partial charge in [-0.1, -0.05) is 13.0 Å². The van der Waals surface area contributed by atoms with E-state index in [1.807, 2.05) is 13.0 Å². The van der Waals surface area contributed by atoms with Crippen molar-refractivity contribution in [2.24, 2.45) is 0 Å². The molecule has 1 heterocycles. The first-order chi connectivity index (χ1) is 8.22. The molecule has 2 amide bonds. The summed E-state index contributed by atoms with van der Waals surface area (Å²) in [6.07, 6.45) is 4.09. The van der Waals surface area contributed by atoms with Gasteiger partial charge in [0, 0.05) is 25.5 Å². The minimum Gasteiger partial charge on any atom is -0.356 e. The Bertz CT molecular complexity index is 365. The van der Waals surface area contributed by atoms with E-state index in [2.05, 4.69) is 15.6 Å². The van der Waals surface area contributed by atoms with Crippen molar-refractivity contribution in [2.45, 2.75) is 26.3 Å². The third-order valence-electron chi connectivity index (χ3n) is 2.11. The molecule has 0 aliphatic heterocycles. The zero-order chi connectivity index (χ0) is 12.5. The third-order valence-corrected chi connectivity index (χ3v) is 2.11. The van der Waals surface area contributed by atoms with Crippen molar-refractivity contribution < 1.29 is 9.59 Å². The van der Waals surface area contributed by atoms with Crippen LogP contribution in [0.3, 0.4) is 0 Å². The van der Waals surface area contributed by atoms with Gasteiger partial charge in [0.05, 0.1) is 0 Å². The summed E-state index contributed by atoms with van der Waals surface area (Å²) in [5.41, 5.74) is 0.912. The number of nitrogens with zero attached hydrogens (tertiary/aromatic N) is 1. The SMILES string of the molecule is CCCNC(=O)CC(=O)NCc1cccnc1. The van der Waals surface area contributed by atoms with E-state index in [4.69, 9.17) is 0 Å². The van der Waals surface area contributed by atoms with Crippen LogP contribution >= 0.6 is 0 Å². The van der Waals surface area contributed by atoms with Crippen molar-refractivity contribution in [3.05, 3.63) is 30.1 Å². The first kappa shape index (κ1) is 13.2. The third kappa shape index (κ3) is 5.65. The molecule has 0 spiro atoms. The van der Waals surface area contributed by atoms with Crippen molar-refractivity contribution in [3.63, 3.8) is 0 Å². The molecular weight excluding hydrogens is 218 g/mol. The molecule has 0 aliphatic rings. The predicted molar refractivity (Wildman–Crippen MR) is 64.0 cm³/mol. The van der Waals surface area contributed by atoms with Gasteiger partial charge in [-0.15, -0.1) is 0 Å². The zero-order valence-corrected chi connectivity index (χ0v) is 9.90. The van der Waals surface area contributed by atoms with E-state index >= 15 is 0 Å². The summed E-state index contributed by atoms with van der Waals surface area (Å²) in [5.74, 6) is -0.516. The maximum Gasteiger partial charge on any atom is 0.229 e. The van der Waals surface area contributed by atoms with E-state index in [0.29, 0.717) is 13.1 Å². The smallest absolute Gasteiger partial charge is 0.229 e. The second-order valence-electron chi connectivity index (χ2n) is 3.66. The number of nitrogens with one attached hydrogen (secondary N) is 2. The number of hydrogen-bond acceptors (Lipinski definition) is 3. The summed E-state index contributed by atoms with van der Waals surface area (Å²) >= 11 is 0. The summed E-state index contributed by atoms with van der Waals surface area (Å²) < 4.78 is 0. The number of pyridine rings is 1. The lowest BCUT2D eigenvalue weighted by molar-refractivity contribution is -0.129. The Morgan fingerprint density at radius 3 is 2.71 bits per heavy atom. The molecular formula is C12H17N3O2. The van der Waals surface area contributed by atoms with Gasteiger partial charge >= 0.3 is 0 Å². The van der Waals surface area contributed by atoms with Gasteiger partial charge in [0.25, 0.3) is 0 Å². The van der Waals surface area contributed by atoms with Crippen LogP contribution in [-0.2, 0) is 16.1 Å². The molecule has 5 nitrogen and oxygen atoms in total. The molecule has 0 unspecified atom stereocenters.